The lowest BCUT2D eigenvalue weighted by atomic mass is 10.1. The van der Waals surface area contributed by atoms with Crippen LogP contribution in [0.5, 0.6) is 5.88 Å². The van der Waals surface area contributed by atoms with Crippen molar-refractivity contribution >= 4 is 5.78 Å². The molecule has 18 heavy (non-hydrogen) atoms. The molecule has 4 heteroatoms. The monoisotopic (exact) mass is 245 g/mol. The van der Waals surface area contributed by atoms with Gasteiger partial charge in [0.2, 0.25) is 5.88 Å². The number of carbonyl (C=O) groups is 1. The van der Waals surface area contributed by atoms with E-state index in [1.165, 1.54) is 19.2 Å². The van der Waals surface area contributed by atoms with Gasteiger partial charge in [0.25, 0.3) is 0 Å². The fourth-order valence-corrected chi connectivity index (χ4v) is 1.62. The van der Waals surface area contributed by atoms with Gasteiger partial charge in [-0.3, -0.25) is 4.79 Å². The maximum Gasteiger partial charge on any atom is 0.213 e. The van der Waals surface area contributed by atoms with Crippen molar-refractivity contribution < 1.29 is 13.9 Å². The maximum atomic E-state index is 13.4. The number of ether oxygens (including phenoxy) is 1. The molecule has 1 aromatic carbocycles. The summed E-state index contributed by atoms with van der Waals surface area (Å²) in [5.41, 5.74) is 0.643. The average Bonchev–Trinajstić information content (AvgIpc) is 2.39. The molecule has 0 saturated heterocycles. The van der Waals surface area contributed by atoms with Crippen molar-refractivity contribution in [1.82, 2.24) is 4.98 Å². The van der Waals surface area contributed by atoms with Crippen LogP contribution in [0.4, 0.5) is 4.39 Å². The van der Waals surface area contributed by atoms with Gasteiger partial charge in [-0.15, -0.1) is 0 Å². The summed E-state index contributed by atoms with van der Waals surface area (Å²) >= 11 is 0. The van der Waals surface area contributed by atoms with Crippen LogP contribution >= 0.6 is 0 Å². The van der Waals surface area contributed by atoms with Crippen molar-refractivity contribution in [1.29, 1.82) is 0 Å². The molecule has 0 bridgehead atoms. The molecule has 0 aliphatic heterocycles. The molecule has 0 aliphatic rings. The Morgan fingerprint density at radius 3 is 2.72 bits per heavy atom. The Bertz CT molecular complexity index is 569. The molecule has 0 amide bonds. The molecule has 1 heterocycles. The molecule has 2 rings (SSSR count). The molecular formula is C14H12FNO2. The van der Waals surface area contributed by atoms with Crippen molar-refractivity contribution in [2.45, 2.75) is 6.42 Å². The third-order valence-corrected chi connectivity index (χ3v) is 2.51. The van der Waals surface area contributed by atoms with Crippen LogP contribution in [0.3, 0.4) is 0 Å². The first-order valence-electron chi connectivity index (χ1n) is 5.48. The quantitative estimate of drug-likeness (QED) is 0.777. The van der Waals surface area contributed by atoms with E-state index < -0.39 is 5.82 Å². The van der Waals surface area contributed by atoms with Crippen LogP contribution in [0.25, 0.3) is 0 Å². The van der Waals surface area contributed by atoms with Gasteiger partial charge in [0, 0.05) is 6.07 Å². The lowest BCUT2D eigenvalue weighted by Crippen LogP contribution is -2.07. The fraction of sp³-hybridized carbons (Fsp3) is 0.143. The normalized spacial score (nSPS) is 10.1. The minimum absolute atomic E-state index is 0.0537. The molecule has 0 N–H and O–H groups in total. The van der Waals surface area contributed by atoms with Gasteiger partial charge < -0.3 is 4.74 Å². The summed E-state index contributed by atoms with van der Waals surface area (Å²) in [4.78, 5) is 16.0. The maximum absolute atomic E-state index is 13.4. The van der Waals surface area contributed by atoms with Crippen LogP contribution in [0.15, 0.2) is 42.5 Å². The van der Waals surface area contributed by atoms with E-state index in [4.69, 9.17) is 4.74 Å². The second-order valence-electron chi connectivity index (χ2n) is 3.75. The minimum Gasteiger partial charge on any atom is -0.481 e. The smallest absolute Gasteiger partial charge is 0.213 e. The van der Waals surface area contributed by atoms with Crippen molar-refractivity contribution in [3.05, 3.63) is 59.5 Å². The number of hydrogen-bond acceptors (Lipinski definition) is 3. The van der Waals surface area contributed by atoms with Crippen LogP contribution in [-0.2, 0) is 6.42 Å². The molecule has 0 saturated carbocycles. The highest BCUT2D eigenvalue weighted by atomic mass is 19.1. The number of halogens is 1. The molecule has 0 spiro atoms. The molecule has 92 valence electrons. The van der Waals surface area contributed by atoms with Gasteiger partial charge in [-0.2, -0.15) is 0 Å². The van der Waals surface area contributed by atoms with E-state index in [1.54, 1.807) is 30.3 Å². The molecule has 0 unspecified atom stereocenters. The molecule has 0 fully saturated rings. The van der Waals surface area contributed by atoms with E-state index >= 15 is 0 Å². The van der Waals surface area contributed by atoms with Gasteiger partial charge in [-0.05, 0) is 18.2 Å². The summed E-state index contributed by atoms with van der Waals surface area (Å²) in [6.07, 6.45) is 0.0537. The number of Topliss-reactive ketones (excluding diaryl/α,β-unsaturated/α-hetero) is 1. The zero-order chi connectivity index (χ0) is 13.0. The predicted octanol–water partition coefficient (Wildman–Crippen LogP) is 2.65. The van der Waals surface area contributed by atoms with E-state index in [1.807, 2.05) is 0 Å². The van der Waals surface area contributed by atoms with E-state index in [0.29, 0.717) is 11.6 Å². The number of aromatic nitrogens is 1. The van der Waals surface area contributed by atoms with Gasteiger partial charge in [0.1, 0.15) is 5.82 Å². The summed E-state index contributed by atoms with van der Waals surface area (Å²) < 4.78 is 18.4. The first kappa shape index (κ1) is 12.2. The van der Waals surface area contributed by atoms with Gasteiger partial charge >= 0.3 is 0 Å². The third-order valence-electron chi connectivity index (χ3n) is 2.51. The Kier molecular flexibility index (Phi) is 3.67. The Morgan fingerprint density at radius 2 is 2.00 bits per heavy atom. The second kappa shape index (κ2) is 5.40. The summed E-state index contributed by atoms with van der Waals surface area (Å²) in [6.45, 7) is 0. The van der Waals surface area contributed by atoms with E-state index in [2.05, 4.69) is 4.98 Å². The van der Waals surface area contributed by atoms with Crippen LogP contribution in [0, 0.1) is 5.82 Å². The average molecular weight is 245 g/mol. The summed E-state index contributed by atoms with van der Waals surface area (Å²) in [5.74, 6) is -0.368. The zero-order valence-electron chi connectivity index (χ0n) is 9.89. The molecule has 0 aliphatic carbocycles. The number of hydrogen-bond donors (Lipinski definition) is 0. The Labute approximate surface area is 104 Å². The topological polar surface area (TPSA) is 39.2 Å². The molecule has 3 nitrogen and oxygen atoms in total. The fourth-order valence-electron chi connectivity index (χ4n) is 1.62. The molecular weight excluding hydrogens is 233 g/mol. The van der Waals surface area contributed by atoms with Crippen LogP contribution < -0.4 is 4.74 Å². The summed E-state index contributed by atoms with van der Waals surface area (Å²) in [7, 11) is 1.50. The number of rotatable bonds is 4. The van der Waals surface area contributed by atoms with Crippen LogP contribution in [0.1, 0.15) is 16.1 Å². The summed E-state index contributed by atoms with van der Waals surface area (Å²) in [5, 5.41) is 0. The SMILES string of the molecule is COc1cccc(CC(=O)c2ccccc2F)n1. The lowest BCUT2D eigenvalue weighted by molar-refractivity contribution is 0.0988. The van der Waals surface area contributed by atoms with Gasteiger partial charge in [-0.25, -0.2) is 9.37 Å². The largest absolute Gasteiger partial charge is 0.481 e. The highest BCUT2D eigenvalue weighted by Crippen LogP contribution is 2.12. The number of methoxy groups -OCH3 is 1. The molecule has 0 radical (unpaired) electrons. The van der Waals surface area contributed by atoms with Crippen LogP contribution in [-0.4, -0.2) is 17.9 Å². The van der Waals surface area contributed by atoms with Crippen molar-refractivity contribution in [2.75, 3.05) is 7.11 Å². The molecule has 2 aromatic rings. The van der Waals surface area contributed by atoms with Crippen molar-refractivity contribution in [2.24, 2.45) is 0 Å². The lowest BCUT2D eigenvalue weighted by Gasteiger charge is -2.04. The van der Waals surface area contributed by atoms with Gasteiger partial charge in [0.15, 0.2) is 5.78 Å². The molecule has 1 aromatic heterocycles. The molecule has 0 atom stereocenters. The number of carbonyl (C=O) groups excluding carboxylic acids is 1. The highest BCUT2D eigenvalue weighted by Gasteiger charge is 2.12. The number of pyridine rings is 1. The number of ketones is 1. The van der Waals surface area contributed by atoms with Crippen LogP contribution in [0.2, 0.25) is 0 Å². The number of nitrogens with zero attached hydrogens (tertiary/aromatic N) is 1. The zero-order valence-corrected chi connectivity index (χ0v) is 9.89. The predicted molar refractivity (Wildman–Crippen MR) is 65.2 cm³/mol. The van der Waals surface area contributed by atoms with E-state index in [9.17, 15) is 9.18 Å². The first-order chi connectivity index (χ1) is 8.70. The standard InChI is InChI=1S/C14H12FNO2/c1-18-14-8-4-5-10(16-14)9-13(17)11-6-2-3-7-12(11)15/h2-8H,9H2,1H3. The highest BCUT2D eigenvalue weighted by molar-refractivity contribution is 5.97. The van der Waals surface area contributed by atoms with E-state index in [-0.39, 0.29) is 17.8 Å². The number of benzene rings is 1. The van der Waals surface area contributed by atoms with Crippen molar-refractivity contribution in [3.8, 4) is 5.88 Å². The third kappa shape index (κ3) is 2.71. The first-order valence-corrected chi connectivity index (χ1v) is 5.48. The second-order valence-corrected chi connectivity index (χ2v) is 3.75. The van der Waals surface area contributed by atoms with E-state index in [0.717, 1.165) is 0 Å². The Hall–Kier alpha value is -2.23. The van der Waals surface area contributed by atoms with Gasteiger partial charge in [-0.1, -0.05) is 18.2 Å². The minimum atomic E-state index is -0.509. The van der Waals surface area contributed by atoms with Crippen molar-refractivity contribution in [3.63, 3.8) is 0 Å². The Morgan fingerprint density at radius 1 is 1.22 bits per heavy atom. The Balaban J connectivity index is 2.19. The summed E-state index contributed by atoms with van der Waals surface area (Å²) in [6, 6.07) is 11.1. The van der Waals surface area contributed by atoms with Gasteiger partial charge in [0.05, 0.1) is 24.8 Å².